The van der Waals surface area contributed by atoms with Crippen molar-refractivity contribution in [3.05, 3.63) is 28.5 Å². The van der Waals surface area contributed by atoms with E-state index in [4.69, 9.17) is 11.5 Å². The van der Waals surface area contributed by atoms with Gasteiger partial charge in [0.05, 0.1) is 6.54 Å². The Bertz CT molecular complexity index is 482. The summed E-state index contributed by atoms with van der Waals surface area (Å²) in [7, 11) is 0. The summed E-state index contributed by atoms with van der Waals surface area (Å²) in [5.74, 6) is 0.707. The lowest BCUT2D eigenvalue weighted by Crippen LogP contribution is -2.36. The van der Waals surface area contributed by atoms with E-state index in [1.807, 2.05) is 0 Å². The average molecular weight is 297 g/mol. The Hall–Kier alpha value is -1.87. The summed E-state index contributed by atoms with van der Waals surface area (Å²) in [6.07, 6.45) is 6.54. The van der Waals surface area contributed by atoms with Gasteiger partial charge < -0.3 is 10.0 Å². The number of hydrogen-bond acceptors (Lipinski definition) is 3. The molecule has 0 spiro atoms. The Labute approximate surface area is 107 Å². The van der Waals surface area contributed by atoms with Gasteiger partial charge in [-0.1, -0.05) is 5.92 Å². The van der Waals surface area contributed by atoms with Crippen LogP contribution in [0.3, 0.4) is 0 Å². The van der Waals surface area contributed by atoms with Crippen LogP contribution in [0.5, 0.6) is 0 Å². The summed E-state index contributed by atoms with van der Waals surface area (Å²) in [6.45, 7) is -0.478. The second-order valence-corrected chi connectivity index (χ2v) is 3.94. The predicted molar refractivity (Wildman–Crippen MR) is 64.3 cm³/mol. The third kappa shape index (κ3) is 3.89. The number of pyridine rings is 1. The van der Waals surface area contributed by atoms with Crippen LogP contribution in [0.1, 0.15) is 10.4 Å². The molecule has 17 heavy (non-hydrogen) atoms. The summed E-state index contributed by atoms with van der Waals surface area (Å²) in [5, 5.41) is 8.68. The van der Waals surface area contributed by atoms with Crippen LogP contribution in [0.4, 0.5) is 0 Å². The lowest BCUT2D eigenvalue weighted by Gasteiger charge is -2.17. The van der Waals surface area contributed by atoms with Crippen LogP contribution in [0, 0.1) is 12.3 Å². The van der Waals surface area contributed by atoms with Crippen LogP contribution in [-0.2, 0) is 4.79 Å². The number of carboxylic acids is 1. The van der Waals surface area contributed by atoms with E-state index in [9.17, 15) is 9.59 Å². The van der Waals surface area contributed by atoms with Crippen molar-refractivity contribution in [1.82, 2.24) is 9.88 Å². The van der Waals surface area contributed by atoms with Crippen molar-refractivity contribution in [3.63, 3.8) is 0 Å². The second kappa shape index (κ2) is 6.01. The minimum Gasteiger partial charge on any atom is -0.480 e. The van der Waals surface area contributed by atoms with Gasteiger partial charge in [0.15, 0.2) is 0 Å². The molecule has 5 nitrogen and oxygen atoms in total. The molecule has 1 heterocycles. The van der Waals surface area contributed by atoms with Crippen LogP contribution in [0.2, 0.25) is 0 Å². The maximum Gasteiger partial charge on any atom is 0.323 e. The number of rotatable bonds is 4. The maximum absolute atomic E-state index is 11.9. The van der Waals surface area contributed by atoms with Gasteiger partial charge in [-0.05, 0) is 28.1 Å². The fraction of sp³-hybridized carbons (Fsp3) is 0.182. The highest BCUT2D eigenvalue weighted by Gasteiger charge is 2.17. The van der Waals surface area contributed by atoms with E-state index in [0.29, 0.717) is 10.2 Å². The van der Waals surface area contributed by atoms with Crippen molar-refractivity contribution >= 4 is 27.8 Å². The monoisotopic (exact) mass is 296 g/mol. The number of carboxylic acid groups (broad SMARTS) is 1. The standard InChI is InChI=1S/C11H9BrN2O3/c1-2-5-14(7-10(15)16)11(17)8-3-4-13-9(12)6-8/h1,3-4,6H,5,7H2,(H,15,16). The van der Waals surface area contributed by atoms with E-state index >= 15 is 0 Å². The molecule has 0 saturated carbocycles. The summed E-state index contributed by atoms with van der Waals surface area (Å²) < 4.78 is 0.499. The van der Waals surface area contributed by atoms with E-state index in [0.717, 1.165) is 4.90 Å². The number of amides is 1. The van der Waals surface area contributed by atoms with Gasteiger partial charge in [0.25, 0.3) is 5.91 Å². The molecule has 0 radical (unpaired) electrons. The number of halogens is 1. The highest BCUT2D eigenvalue weighted by molar-refractivity contribution is 9.10. The zero-order chi connectivity index (χ0) is 12.8. The van der Waals surface area contributed by atoms with E-state index in [-0.39, 0.29) is 6.54 Å². The minimum absolute atomic E-state index is 0.0505. The van der Waals surface area contributed by atoms with E-state index in [2.05, 4.69) is 26.8 Å². The SMILES string of the molecule is C#CCN(CC(=O)O)C(=O)c1ccnc(Br)c1. The minimum atomic E-state index is -1.11. The average Bonchev–Trinajstić information content (AvgIpc) is 2.27. The Morgan fingerprint density at radius 1 is 1.59 bits per heavy atom. The Kier molecular flexibility index (Phi) is 4.67. The van der Waals surface area contributed by atoms with Gasteiger partial charge in [0.2, 0.25) is 0 Å². The molecule has 0 bridgehead atoms. The van der Waals surface area contributed by atoms with Gasteiger partial charge in [-0.15, -0.1) is 6.42 Å². The van der Waals surface area contributed by atoms with Crippen LogP contribution < -0.4 is 0 Å². The van der Waals surface area contributed by atoms with Crippen LogP contribution in [0.25, 0.3) is 0 Å². The van der Waals surface area contributed by atoms with Crippen molar-refractivity contribution in [3.8, 4) is 12.3 Å². The molecule has 0 aliphatic heterocycles. The van der Waals surface area contributed by atoms with Gasteiger partial charge in [0.1, 0.15) is 11.1 Å². The van der Waals surface area contributed by atoms with Gasteiger partial charge in [-0.25, -0.2) is 4.98 Å². The maximum atomic E-state index is 11.9. The number of carbonyl (C=O) groups excluding carboxylic acids is 1. The van der Waals surface area contributed by atoms with Crippen LogP contribution >= 0.6 is 15.9 Å². The second-order valence-electron chi connectivity index (χ2n) is 3.13. The highest BCUT2D eigenvalue weighted by Crippen LogP contribution is 2.10. The molecule has 1 N–H and O–H groups in total. The Morgan fingerprint density at radius 3 is 2.82 bits per heavy atom. The van der Waals surface area contributed by atoms with Crippen molar-refractivity contribution in [2.45, 2.75) is 0 Å². The first-order chi connectivity index (χ1) is 8.04. The molecule has 0 saturated heterocycles. The molecular formula is C11H9BrN2O3. The zero-order valence-electron chi connectivity index (χ0n) is 8.76. The molecule has 88 valence electrons. The van der Waals surface area contributed by atoms with Crippen LogP contribution in [-0.4, -0.2) is 40.0 Å². The number of terminal acetylenes is 1. The fourth-order valence-electron chi connectivity index (χ4n) is 1.19. The Morgan fingerprint density at radius 2 is 2.29 bits per heavy atom. The number of carbonyl (C=O) groups is 2. The largest absolute Gasteiger partial charge is 0.480 e. The van der Waals surface area contributed by atoms with Gasteiger partial charge in [-0.2, -0.15) is 0 Å². The normalized spacial score (nSPS) is 9.41. The molecule has 1 aromatic heterocycles. The predicted octanol–water partition coefficient (Wildman–Crippen LogP) is 1.00. The quantitative estimate of drug-likeness (QED) is 0.665. The first kappa shape index (κ1) is 13.2. The fourth-order valence-corrected chi connectivity index (χ4v) is 1.56. The molecule has 0 aliphatic carbocycles. The molecule has 1 amide bonds. The summed E-state index contributed by atoms with van der Waals surface area (Å²) in [6, 6.07) is 3.01. The lowest BCUT2D eigenvalue weighted by molar-refractivity contribution is -0.137. The number of nitrogens with zero attached hydrogens (tertiary/aromatic N) is 2. The van der Waals surface area contributed by atoms with Crippen molar-refractivity contribution in [1.29, 1.82) is 0 Å². The molecule has 0 atom stereocenters. The topological polar surface area (TPSA) is 70.5 Å². The molecule has 0 aromatic carbocycles. The van der Waals surface area contributed by atoms with Gasteiger partial charge in [-0.3, -0.25) is 9.59 Å². The smallest absolute Gasteiger partial charge is 0.323 e. The number of hydrogen-bond donors (Lipinski definition) is 1. The first-order valence-electron chi connectivity index (χ1n) is 4.60. The van der Waals surface area contributed by atoms with Gasteiger partial charge >= 0.3 is 5.97 Å². The van der Waals surface area contributed by atoms with Gasteiger partial charge in [0, 0.05) is 11.8 Å². The first-order valence-corrected chi connectivity index (χ1v) is 5.40. The molecule has 0 unspecified atom stereocenters. The summed E-state index contributed by atoms with van der Waals surface area (Å²) >= 11 is 3.13. The lowest BCUT2D eigenvalue weighted by atomic mass is 10.2. The van der Waals surface area contributed by atoms with Crippen molar-refractivity contribution in [2.75, 3.05) is 13.1 Å². The Balaban J connectivity index is 2.92. The van der Waals surface area contributed by atoms with Crippen molar-refractivity contribution < 1.29 is 14.7 Å². The molecular weight excluding hydrogens is 288 g/mol. The third-order valence-electron chi connectivity index (χ3n) is 1.87. The molecule has 0 aliphatic rings. The van der Waals surface area contributed by atoms with E-state index < -0.39 is 18.4 Å². The van der Waals surface area contributed by atoms with E-state index in [1.165, 1.54) is 18.3 Å². The zero-order valence-corrected chi connectivity index (χ0v) is 10.3. The van der Waals surface area contributed by atoms with Crippen molar-refractivity contribution in [2.24, 2.45) is 0 Å². The molecule has 1 rings (SSSR count). The molecule has 0 fully saturated rings. The number of aliphatic carboxylic acids is 1. The molecule has 6 heteroatoms. The molecule has 1 aromatic rings. The number of aromatic nitrogens is 1. The third-order valence-corrected chi connectivity index (χ3v) is 2.30. The highest BCUT2D eigenvalue weighted by atomic mass is 79.9. The van der Waals surface area contributed by atoms with Crippen LogP contribution in [0.15, 0.2) is 22.9 Å². The van der Waals surface area contributed by atoms with E-state index in [1.54, 1.807) is 0 Å². The summed E-state index contributed by atoms with van der Waals surface area (Å²) in [5.41, 5.74) is 0.336. The summed E-state index contributed by atoms with van der Waals surface area (Å²) in [4.78, 5) is 27.5.